The molecular formula is C23H28FN3O6. The number of benzene rings is 1. The SMILES string of the molecule is CC(C)(C)OC(=O)N1CCC2(CC1)COc1c2ccc(C(=O)N[C@H]2CCC(=O)NC2=O)c1F. The molecule has 0 radical (unpaired) electrons. The minimum atomic E-state index is -0.896. The topological polar surface area (TPSA) is 114 Å². The highest BCUT2D eigenvalue weighted by atomic mass is 19.1. The van der Waals surface area contributed by atoms with Crippen LogP contribution in [0, 0.1) is 5.82 Å². The van der Waals surface area contributed by atoms with Crippen LogP contribution in [0.4, 0.5) is 9.18 Å². The number of nitrogens with zero attached hydrogens (tertiary/aromatic N) is 1. The standard InChI is InChI=1S/C23H28FN3O6/c1-22(2,3)33-21(31)27-10-8-23(9-11-27)12-32-18-14(23)5-4-13(17(18)24)19(29)25-15-6-7-16(28)26-20(15)30/h4-5,15H,6-12H2,1-3H3,(H,25,29)(H,26,28,30)/t15-/m0/s1. The van der Waals surface area contributed by atoms with Gasteiger partial charge in [-0.25, -0.2) is 9.18 Å². The maximum atomic E-state index is 15.2. The zero-order chi connectivity index (χ0) is 24.0. The number of imide groups is 1. The molecule has 0 saturated carbocycles. The van der Waals surface area contributed by atoms with Crippen LogP contribution >= 0.6 is 0 Å². The molecule has 4 rings (SSSR count). The third kappa shape index (κ3) is 4.51. The summed E-state index contributed by atoms with van der Waals surface area (Å²) in [5, 5.41) is 4.65. The summed E-state index contributed by atoms with van der Waals surface area (Å²) < 4.78 is 26.4. The van der Waals surface area contributed by atoms with E-state index in [1.807, 2.05) is 20.8 Å². The van der Waals surface area contributed by atoms with Crippen LogP contribution in [0.15, 0.2) is 12.1 Å². The molecule has 2 fully saturated rings. The fraction of sp³-hybridized carbons (Fsp3) is 0.565. The molecule has 1 atom stereocenters. The lowest BCUT2D eigenvalue weighted by Gasteiger charge is -2.38. The van der Waals surface area contributed by atoms with Crippen LogP contribution < -0.4 is 15.4 Å². The molecule has 2 saturated heterocycles. The van der Waals surface area contributed by atoms with Crippen molar-refractivity contribution in [2.75, 3.05) is 19.7 Å². The van der Waals surface area contributed by atoms with Crippen molar-refractivity contribution in [1.82, 2.24) is 15.5 Å². The van der Waals surface area contributed by atoms with Gasteiger partial charge in [0.05, 0.1) is 12.2 Å². The Balaban J connectivity index is 1.46. The molecule has 0 aliphatic carbocycles. The number of nitrogens with one attached hydrogen (secondary N) is 2. The highest BCUT2D eigenvalue weighted by Gasteiger charge is 2.46. The number of carbonyl (C=O) groups excluding carboxylic acids is 4. The van der Waals surface area contributed by atoms with Crippen molar-refractivity contribution >= 4 is 23.8 Å². The predicted octanol–water partition coefficient (Wildman–Crippen LogP) is 2.02. The Morgan fingerprint density at radius 2 is 1.94 bits per heavy atom. The number of piperidine rings is 2. The lowest BCUT2D eigenvalue weighted by molar-refractivity contribution is -0.134. The van der Waals surface area contributed by atoms with E-state index in [1.54, 1.807) is 11.0 Å². The molecule has 10 heteroatoms. The van der Waals surface area contributed by atoms with Gasteiger partial charge in [0, 0.05) is 30.5 Å². The van der Waals surface area contributed by atoms with E-state index in [1.165, 1.54) is 6.07 Å². The molecule has 9 nitrogen and oxygen atoms in total. The molecule has 4 amide bonds. The first kappa shape index (κ1) is 23.0. The summed E-state index contributed by atoms with van der Waals surface area (Å²) in [4.78, 5) is 49.8. The van der Waals surface area contributed by atoms with Gasteiger partial charge >= 0.3 is 6.09 Å². The molecule has 1 aromatic carbocycles. The highest BCUT2D eigenvalue weighted by Crippen LogP contribution is 2.47. The molecule has 0 aromatic heterocycles. The predicted molar refractivity (Wildman–Crippen MR) is 114 cm³/mol. The molecule has 3 aliphatic rings. The van der Waals surface area contributed by atoms with Gasteiger partial charge in [0.25, 0.3) is 5.91 Å². The highest BCUT2D eigenvalue weighted by molar-refractivity contribution is 6.04. The van der Waals surface area contributed by atoms with E-state index in [-0.39, 0.29) is 36.9 Å². The number of hydrogen-bond donors (Lipinski definition) is 2. The van der Waals surface area contributed by atoms with Crippen molar-refractivity contribution in [3.05, 3.63) is 29.1 Å². The van der Waals surface area contributed by atoms with Crippen LogP contribution in [0.3, 0.4) is 0 Å². The molecule has 3 aliphatic heterocycles. The summed E-state index contributed by atoms with van der Waals surface area (Å²) >= 11 is 0. The van der Waals surface area contributed by atoms with E-state index >= 15 is 4.39 Å². The van der Waals surface area contributed by atoms with Crippen molar-refractivity contribution in [2.24, 2.45) is 0 Å². The van der Waals surface area contributed by atoms with E-state index in [0.29, 0.717) is 31.5 Å². The van der Waals surface area contributed by atoms with E-state index in [0.717, 1.165) is 0 Å². The first-order valence-electron chi connectivity index (χ1n) is 11.1. The van der Waals surface area contributed by atoms with Crippen molar-refractivity contribution in [3.8, 4) is 5.75 Å². The molecule has 2 N–H and O–H groups in total. The molecule has 178 valence electrons. The number of fused-ring (bicyclic) bond motifs is 2. The van der Waals surface area contributed by atoms with Gasteiger partial charge in [-0.05, 0) is 46.1 Å². The summed E-state index contributed by atoms with van der Waals surface area (Å²) in [6, 6.07) is 2.19. The Hall–Kier alpha value is -3.17. The summed E-state index contributed by atoms with van der Waals surface area (Å²) in [6.07, 6.45) is 1.07. The van der Waals surface area contributed by atoms with Gasteiger partial charge in [-0.15, -0.1) is 0 Å². The molecule has 0 unspecified atom stereocenters. The van der Waals surface area contributed by atoms with Gasteiger partial charge in [0.2, 0.25) is 11.8 Å². The lowest BCUT2D eigenvalue weighted by Crippen LogP contribution is -2.52. The average Bonchev–Trinajstić information content (AvgIpc) is 3.08. The first-order chi connectivity index (χ1) is 15.5. The number of hydrogen-bond acceptors (Lipinski definition) is 6. The van der Waals surface area contributed by atoms with Crippen LogP contribution in [-0.4, -0.2) is 60.1 Å². The monoisotopic (exact) mass is 461 g/mol. The molecule has 33 heavy (non-hydrogen) atoms. The van der Waals surface area contributed by atoms with Gasteiger partial charge in [-0.3, -0.25) is 19.7 Å². The molecule has 1 spiro atoms. The largest absolute Gasteiger partial charge is 0.489 e. The van der Waals surface area contributed by atoms with Gasteiger partial charge in [-0.2, -0.15) is 0 Å². The maximum absolute atomic E-state index is 15.2. The zero-order valence-corrected chi connectivity index (χ0v) is 19.0. The van der Waals surface area contributed by atoms with Crippen LogP contribution in [-0.2, 0) is 19.7 Å². The molecular weight excluding hydrogens is 433 g/mol. The van der Waals surface area contributed by atoms with E-state index in [9.17, 15) is 19.2 Å². The first-order valence-corrected chi connectivity index (χ1v) is 11.1. The number of ether oxygens (including phenoxy) is 2. The fourth-order valence-electron chi connectivity index (χ4n) is 4.50. The second-order valence-electron chi connectivity index (χ2n) is 9.82. The minimum absolute atomic E-state index is 0.0386. The van der Waals surface area contributed by atoms with Gasteiger partial charge < -0.3 is 19.7 Å². The quantitative estimate of drug-likeness (QED) is 0.652. The van der Waals surface area contributed by atoms with E-state index in [2.05, 4.69) is 10.6 Å². The van der Waals surface area contributed by atoms with Gasteiger partial charge in [0.1, 0.15) is 11.6 Å². The van der Waals surface area contributed by atoms with E-state index in [4.69, 9.17) is 9.47 Å². The second-order valence-corrected chi connectivity index (χ2v) is 9.82. The third-order valence-electron chi connectivity index (χ3n) is 6.32. The number of rotatable bonds is 2. The van der Waals surface area contributed by atoms with E-state index < -0.39 is 40.6 Å². The third-order valence-corrected chi connectivity index (χ3v) is 6.32. The Morgan fingerprint density at radius 1 is 1.24 bits per heavy atom. The Bertz CT molecular complexity index is 1010. The normalized spacial score (nSPS) is 21.8. The van der Waals surface area contributed by atoms with Crippen LogP contribution in [0.1, 0.15) is 62.4 Å². The van der Waals surface area contributed by atoms with Crippen molar-refractivity contribution in [2.45, 2.75) is 63.5 Å². The number of amides is 4. The van der Waals surface area contributed by atoms with Crippen LogP contribution in [0.2, 0.25) is 0 Å². The Labute approximate surface area is 191 Å². The fourth-order valence-corrected chi connectivity index (χ4v) is 4.50. The van der Waals surface area contributed by atoms with Crippen molar-refractivity contribution < 1.29 is 33.0 Å². The number of halogens is 1. The summed E-state index contributed by atoms with van der Waals surface area (Å²) in [6.45, 7) is 6.62. The van der Waals surface area contributed by atoms with Crippen LogP contribution in [0.5, 0.6) is 5.75 Å². The lowest BCUT2D eigenvalue weighted by atomic mass is 9.74. The number of carbonyl (C=O) groups is 4. The average molecular weight is 461 g/mol. The Kier molecular flexibility index (Phi) is 5.79. The smallest absolute Gasteiger partial charge is 0.410 e. The number of likely N-dealkylation sites (tertiary alicyclic amines) is 1. The van der Waals surface area contributed by atoms with Gasteiger partial charge in [0.15, 0.2) is 11.6 Å². The summed E-state index contributed by atoms with van der Waals surface area (Å²) in [5.41, 5.74) is -0.556. The van der Waals surface area contributed by atoms with Gasteiger partial charge in [-0.1, -0.05) is 6.07 Å². The second kappa shape index (κ2) is 8.31. The van der Waals surface area contributed by atoms with Crippen molar-refractivity contribution in [1.29, 1.82) is 0 Å². The minimum Gasteiger partial charge on any atom is -0.489 e. The summed E-state index contributed by atoms with van der Waals surface area (Å²) in [5.74, 6) is -2.48. The van der Waals surface area contributed by atoms with Crippen LogP contribution in [0.25, 0.3) is 0 Å². The summed E-state index contributed by atoms with van der Waals surface area (Å²) in [7, 11) is 0. The molecule has 3 heterocycles. The molecule has 1 aromatic rings. The molecule has 0 bridgehead atoms. The zero-order valence-electron chi connectivity index (χ0n) is 19.0. The Morgan fingerprint density at radius 3 is 2.58 bits per heavy atom. The maximum Gasteiger partial charge on any atom is 0.410 e. The van der Waals surface area contributed by atoms with Crippen molar-refractivity contribution in [3.63, 3.8) is 0 Å².